The third kappa shape index (κ3) is 5.07. The number of benzene rings is 1. The van der Waals surface area contributed by atoms with Crippen molar-refractivity contribution in [3.8, 4) is 5.75 Å². The lowest BCUT2D eigenvalue weighted by molar-refractivity contribution is -0.0912. The van der Waals surface area contributed by atoms with Crippen molar-refractivity contribution < 1.29 is 17.9 Å². The van der Waals surface area contributed by atoms with Crippen molar-refractivity contribution in [2.24, 2.45) is 0 Å². The largest absolute Gasteiger partial charge is 0.494 e. The van der Waals surface area contributed by atoms with Gasteiger partial charge in [-0.05, 0) is 62.8 Å². The number of likely N-dealkylation sites (tertiary alicyclic amines) is 1. The third-order valence-electron chi connectivity index (χ3n) is 6.66. The summed E-state index contributed by atoms with van der Waals surface area (Å²) in [5.74, 6) is 0.789. The van der Waals surface area contributed by atoms with Gasteiger partial charge in [0.15, 0.2) is 15.5 Å². The van der Waals surface area contributed by atoms with E-state index in [0.29, 0.717) is 42.8 Å². The number of nitrogens with one attached hydrogen (secondary N) is 2. The molecule has 2 aliphatic heterocycles. The molecule has 0 bridgehead atoms. The predicted molar refractivity (Wildman–Crippen MR) is 126 cm³/mol. The highest BCUT2D eigenvalue weighted by molar-refractivity contribution is 7.92. The van der Waals surface area contributed by atoms with Crippen LogP contribution in [-0.4, -0.2) is 71.8 Å². The number of ether oxygens (including phenoxy) is 2. The summed E-state index contributed by atoms with van der Waals surface area (Å²) >= 11 is 0. The Morgan fingerprint density at radius 1 is 1.12 bits per heavy atom. The Hall–Kier alpha value is -2.43. The number of aromatic amines is 2. The van der Waals surface area contributed by atoms with Crippen molar-refractivity contribution in [3.63, 3.8) is 0 Å². The Balaban J connectivity index is 1.11. The van der Waals surface area contributed by atoms with E-state index in [0.717, 1.165) is 43.4 Å². The average Bonchev–Trinajstić information content (AvgIpc) is 3.19. The molecule has 5 rings (SSSR count). The molecule has 2 N–H and O–H groups in total. The van der Waals surface area contributed by atoms with Crippen molar-refractivity contribution in [2.45, 2.75) is 50.0 Å². The molecule has 0 spiro atoms. The zero-order chi connectivity index (χ0) is 22.8. The predicted octanol–water partition coefficient (Wildman–Crippen LogP) is 2.58. The van der Waals surface area contributed by atoms with Crippen LogP contribution in [0.3, 0.4) is 0 Å². The number of piperidine rings is 1. The molecule has 0 amide bonds. The van der Waals surface area contributed by atoms with Crippen LogP contribution in [0.1, 0.15) is 38.5 Å². The molecule has 3 aromatic rings. The van der Waals surface area contributed by atoms with Gasteiger partial charge in [0.05, 0.1) is 28.6 Å². The van der Waals surface area contributed by atoms with Crippen LogP contribution in [0.2, 0.25) is 0 Å². The molecule has 1 aromatic carbocycles. The van der Waals surface area contributed by atoms with Crippen LogP contribution >= 0.6 is 0 Å². The first-order valence-corrected chi connectivity index (χ1v) is 13.4. The summed E-state index contributed by atoms with van der Waals surface area (Å²) in [7, 11) is -3.14. The molecule has 2 aromatic heterocycles. The minimum absolute atomic E-state index is 0.137. The number of imidazole rings is 1. The molecule has 1 unspecified atom stereocenters. The monoisotopic (exact) mass is 474 g/mol. The lowest BCUT2D eigenvalue weighted by Gasteiger charge is -2.38. The van der Waals surface area contributed by atoms with Crippen molar-refractivity contribution in [2.75, 3.05) is 32.1 Å². The number of hydrogen-bond acceptors (Lipinski definition) is 7. The maximum Gasteiger partial charge on any atom is 0.325 e. The van der Waals surface area contributed by atoms with E-state index in [1.54, 1.807) is 0 Å². The van der Waals surface area contributed by atoms with Gasteiger partial charge in [0, 0.05) is 25.1 Å². The molecule has 9 nitrogen and oxygen atoms in total. The highest BCUT2D eigenvalue weighted by Crippen LogP contribution is 2.25. The van der Waals surface area contributed by atoms with E-state index in [1.165, 1.54) is 6.42 Å². The summed E-state index contributed by atoms with van der Waals surface area (Å²) in [6.07, 6.45) is 5.33. The minimum atomic E-state index is -3.14. The summed E-state index contributed by atoms with van der Waals surface area (Å²) in [5, 5.41) is 0.576. The van der Waals surface area contributed by atoms with E-state index >= 15 is 0 Å². The van der Waals surface area contributed by atoms with Crippen molar-refractivity contribution in [1.82, 2.24) is 19.9 Å². The molecule has 2 saturated heterocycles. The standard InChI is InChI=1S/C23H30N4O5S/c28-23-25-20-15-16-14-17(5-6-19(16)24-22(20)26-23)31-12-3-13-33(29,30)18-7-9-27(10-8-18)21-4-1-2-11-32-21/h5-6,14-15,18,21H,1-4,7-13H2,(H2,24,25,26,28). The number of sulfone groups is 1. The lowest BCUT2D eigenvalue weighted by Crippen LogP contribution is -2.47. The maximum absolute atomic E-state index is 12.8. The van der Waals surface area contributed by atoms with Gasteiger partial charge in [0.2, 0.25) is 0 Å². The molecule has 178 valence electrons. The van der Waals surface area contributed by atoms with E-state index in [1.807, 2.05) is 24.3 Å². The van der Waals surface area contributed by atoms with Gasteiger partial charge < -0.3 is 14.5 Å². The van der Waals surface area contributed by atoms with Gasteiger partial charge in [0.1, 0.15) is 12.0 Å². The molecule has 0 saturated carbocycles. The molecule has 2 aliphatic rings. The molecule has 33 heavy (non-hydrogen) atoms. The zero-order valence-corrected chi connectivity index (χ0v) is 19.4. The number of nitrogens with zero attached hydrogens (tertiary/aromatic N) is 2. The molecule has 0 radical (unpaired) electrons. The van der Waals surface area contributed by atoms with Gasteiger partial charge in [-0.25, -0.2) is 18.2 Å². The van der Waals surface area contributed by atoms with Gasteiger partial charge in [-0.1, -0.05) is 0 Å². The van der Waals surface area contributed by atoms with Gasteiger partial charge in [-0.3, -0.25) is 9.88 Å². The first kappa shape index (κ1) is 22.4. The Kier molecular flexibility index (Phi) is 6.40. The maximum atomic E-state index is 12.8. The van der Waals surface area contributed by atoms with E-state index in [2.05, 4.69) is 19.9 Å². The lowest BCUT2D eigenvalue weighted by atomic mass is 10.1. The summed E-state index contributed by atoms with van der Waals surface area (Å²) in [6, 6.07) is 7.34. The molecule has 0 aliphatic carbocycles. The number of H-pyrrole nitrogens is 2. The number of rotatable bonds is 7. The minimum Gasteiger partial charge on any atom is -0.494 e. The zero-order valence-electron chi connectivity index (χ0n) is 18.6. The van der Waals surface area contributed by atoms with Crippen LogP contribution < -0.4 is 10.4 Å². The van der Waals surface area contributed by atoms with E-state index in [4.69, 9.17) is 9.47 Å². The molecular weight excluding hydrogens is 444 g/mol. The summed E-state index contributed by atoms with van der Waals surface area (Å²) in [4.78, 5) is 23.5. The van der Waals surface area contributed by atoms with E-state index in [-0.39, 0.29) is 22.9 Å². The third-order valence-corrected chi connectivity index (χ3v) is 9.00. The Labute approximate surface area is 192 Å². The van der Waals surface area contributed by atoms with Crippen molar-refractivity contribution in [1.29, 1.82) is 0 Å². The second kappa shape index (κ2) is 9.44. The van der Waals surface area contributed by atoms with E-state index in [9.17, 15) is 13.2 Å². The van der Waals surface area contributed by atoms with Gasteiger partial charge in [-0.15, -0.1) is 0 Å². The van der Waals surface area contributed by atoms with Gasteiger partial charge >= 0.3 is 5.69 Å². The first-order valence-electron chi connectivity index (χ1n) is 11.7. The number of hydrogen-bond donors (Lipinski definition) is 2. The average molecular weight is 475 g/mol. The summed E-state index contributed by atoms with van der Waals surface area (Å²) in [6.45, 7) is 2.72. The Bertz CT molecular complexity index is 1270. The van der Waals surface area contributed by atoms with Crippen LogP contribution in [0.5, 0.6) is 5.75 Å². The van der Waals surface area contributed by atoms with Crippen molar-refractivity contribution >= 4 is 31.9 Å². The fourth-order valence-electron chi connectivity index (χ4n) is 4.85. The molecular formula is C23H30N4O5S. The molecule has 4 heterocycles. The number of pyridine rings is 1. The fraction of sp³-hybridized carbons (Fsp3) is 0.565. The van der Waals surface area contributed by atoms with E-state index < -0.39 is 9.84 Å². The van der Waals surface area contributed by atoms with Gasteiger partial charge in [0.25, 0.3) is 0 Å². The van der Waals surface area contributed by atoms with Crippen LogP contribution in [0, 0.1) is 0 Å². The highest BCUT2D eigenvalue weighted by atomic mass is 32.2. The number of aromatic nitrogens is 3. The Morgan fingerprint density at radius 2 is 1.97 bits per heavy atom. The first-order chi connectivity index (χ1) is 16.0. The smallest absolute Gasteiger partial charge is 0.325 e. The van der Waals surface area contributed by atoms with Gasteiger partial charge in [-0.2, -0.15) is 0 Å². The Morgan fingerprint density at radius 3 is 2.76 bits per heavy atom. The second-order valence-corrected chi connectivity index (χ2v) is 11.3. The SMILES string of the molecule is O=c1[nH]c2cc3cc(OCCCS(=O)(=O)C4CCN(C5CCCCO5)CC4)ccc3nc2[nH]1. The molecule has 2 fully saturated rings. The molecule has 1 atom stereocenters. The van der Waals surface area contributed by atoms with Crippen LogP contribution in [-0.2, 0) is 14.6 Å². The summed E-state index contributed by atoms with van der Waals surface area (Å²) in [5.41, 5.74) is 1.61. The summed E-state index contributed by atoms with van der Waals surface area (Å²) < 4.78 is 37.3. The van der Waals surface area contributed by atoms with Crippen LogP contribution in [0.4, 0.5) is 0 Å². The normalized spacial score (nSPS) is 21.0. The fourth-order valence-corrected chi connectivity index (χ4v) is 6.63. The highest BCUT2D eigenvalue weighted by Gasteiger charge is 2.32. The topological polar surface area (TPSA) is 117 Å². The quantitative estimate of drug-likeness (QED) is 0.506. The van der Waals surface area contributed by atoms with Crippen molar-refractivity contribution in [3.05, 3.63) is 34.7 Å². The second-order valence-electron chi connectivity index (χ2n) is 8.94. The molecule has 10 heteroatoms. The van der Waals surface area contributed by atoms with Crippen LogP contribution in [0.25, 0.3) is 22.1 Å². The van der Waals surface area contributed by atoms with Crippen LogP contribution in [0.15, 0.2) is 29.1 Å². The number of fused-ring (bicyclic) bond motifs is 2.